The van der Waals surface area contributed by atoms with Crippen LogP contribution in [0.15, 0.2) is 54.6 Å². The van der Waals surface area contributed by atoms with E-state index in [4.69, 9.17) is 4.74 Å². The lowest BCUT2D eigenvalue weighted by atomic mass is 10.1. The second kappa shape index (κ2) is 5.94. The number of methoxy groups -OCH3 is 1. The summed E-state index contributed by atoms with van der Waals surface area (Å²) < 4.78 is 5.12. The zero-order valence-electron chi connectivity index (χ0n) is 10.0. The number of hydrogen-bond acceptors (Lipinski definition) is 2. The first kappa shape index (κ1) is 11.5. The van der Waals surface area contributed by atoms with Gasteiger partial charge in [-0.15, -0.1) is 0 Å². The third-order valence-corrected chi connectivity index (χ3v) is 2.68. The van der Waals surface area contributed by atoms with Crippen LogP contribution in [0.1, 0.15) is 5.56 Å². The molecule has 0 aliphatic rings. The quantitative estimate of drug-likeness (QED) is 0.845. The van der Waals surface area contributed by atoms with E-state index in [1.165, 1.54) is 5.56 Å². The maximum Gasteiger partial charge on any atom is 0.119 e. The Kier molecular flexibility index (Phi) is 4.03. The van der Waals surface area contributed by atoms with Crippen molar-refractivity contribution < 1.29 is 4.74 Å². The summed E-state index contributed by atoms with van der Waals surface area (Å²) in [5.74, 6) is 0.888. The number of rotatable bonds is 5. The van der Waals surface area contributed by atoms with Crippen LogP contribution in [0.2, 0.25) is 0 Å². The van der Waals surface area contributed by atoms with Gasteiger partial charge in [-0.2, -0.15) is 0 Å². The van der Waals surface area contributed by atoms with Gasteiger partial charge in [-0.05, 0) is 36.2 Å². The molecule has 17 heavy (non-hydrogen) atoms. The highest BCUT2D eigenvalue weighted by Gasteiger charge is 1.94. The molecule has 2 aromatic carbocycles. The predicted octanol–water partition coefficient (Wildman–Crippen LogP) is 3.35. The summed E-state index contributed by atoms with van der Waals surface area (Å²) in [5.41, 5.74) is 2.48. The summed E-state index contributed by atoms with van der Waals surface area (Å²) in [6, 6.07) is 18.5. The first-order valence-corrected chi connectivity index (χ1v) is 5.80. The molecule has 2 heteroatoms. The van der Waals surface area contributed by atoms with Gasteiger partial charge < -0.3 is 10.1 Å². The van der Waals surface area contributed by atoms with Crippen LogP contribution >= 0.6 is 0 Å². The minimum atomic E-state index is 0.888. The number of nitrogens with one attached hydrogen (secondary N) is 1. The van der Waals surface area contributed by atoms with Crippen LogP contribution in [0, 0.1) is 0 Å². The zero-order valence-corrected chi connectivity index (χ0v) is 10.0. The minimum absolute atomic E-state index is 0.888. The lowest BCUT2D eigenvalue weighted by Crippen LogP contribution is -2.04. The van der Waals surface area contributed by atoms with Gasteiger partial charge in [0.1, 0.15) is 5.75 Å². The molecule has 0 amide bonds. The van der Waals surface area contributed by atoms with Crippen molar-refractivity contribution in [2.45, 2.75) is 6.42 Å². The maximum absolute atomic E-state index is 5.12. The van der Waals surface area contributed by atoms with E-state index in [2.05, 4.69) is 29.6 Å². The first-order valence-electron chi connectivity index (χ1n) is 5.80. The number of ether oxygens (including phenoxy) is 1. The van der Waals surface area contributed by atoms with E-state index >= 15 is 0 Å². The second-order valence-corrected chi connectivity index (χ2v) is 3.89. The fraction of sp³-hybridized carbons (Fsp3) is 0.200. The highest BCUT2D eigenvalue weighted by molar-refractivity contribution is 5.46. The molecule has 0 spiro atoms. The maximum atomic E-state index is 5.12. The van der Waals surface area contributed by atoms with Crippen molar-refractivity contribution in [2.24, 2.45) is 0 Å². The summed E-state index contributed by atoms with van der Waals surface area (Å²) in [6.45, 7) is 0.941. The number of anilines is 1. The number of hydrogen-bond donors (Lipinski definition) is 1. The fourth-order valence-electron chi connectivity index (χ4n) is 1.70. The molecular formula is C15H17NO. The van der Waals surface area contributed by atoms with Gasteiger partial charge in [0, 0.05) is 12.2 Å². The molecule has 0 aromatic heterocycles. The molecule has 0 aliphatic heterocycles. The number of benzene rings is 2. The van der Waals surface area contributed by atoms with Crippen LogP contribution in [-0.2, 0) is 6.42 Å². The Balaban J connectivity index is 1.82. The van der Waals surface area contributed by atoms with E-state index in [-0.39, 0.29) is 0 Å². The standard InChI is InChI=1S/C15H17NO/c1-17-15-9-7-14(8-10-15)16-12-11-13-5-3-2-4-6-13/h2-10,16H,11-12H2,1H3. The van der Waals surface area contributed by atoms with Gasteiger partial charge in [0.2, 0.25) is 0 Å². The van der Waals surface area contributed by atoms with Crippen LogP contribution in [-0.4, -0.2) is 13.7 Å². The second-order valence-electron chi connectivity index (χ2n) is 3.89. The molecule has 2 nitrogen and oxygen atoms in total. The van der Waals surface area contributed by atoms with Gasteiger partial charge in [0.15, 0.2) is 0 Å². The van der Waals surface area contributed by atoms with Gasteiger partial charge in [-0.25, -0.2) is 0 Å². The van der Waals surface area contributed by atoms with Crippen LogP contribution in [0.3, 0.4) is 0 Å². The Hall–Kier alpha value is -1.96. The largest absolute Gasteiger partial charge is 0.497 e. The van der Waals surface area contributed by atoms with E-state index < -0.39 is 0 Å². The van der Waals surface area contributed by atoms with Crippen molar-refractivity contribution in [3.8, 4) is 5.75 Å². The van der Waals surface area contributed by atoms with Gasteiger partial charge >= 0.3 is 0 Å². The molecule has 0 unspecified atom stereocenters. The molecule has 2 rings (SSSR count). The summed E-state index contributed by atoms with van der Waals surface area (Å²) in [6.07, 6.45) is 1.03. The SMILES string of the molecule is COc1ccc(NCCc2ccccc2)cc1. The molecule has 0 aliphatic carbocycles. The molecule has 88 valence electrons. The molecule has 0 radical (unpaired) electrons. The first-order chi connectivity index (χ1) is 8.38. The highest BCUT2D eigenvalue weighted by atomic mass is 16.5. The molecule has 0 heterocycles. The Labute approximate surface area is 102 Å². The molecule has 0 fully saturated rings. The van der Waals surface area contributed by atoms with Crippen LogP contribution in [0.4, 0.5) is 5.69 Å². The van der Waals surface area contributed by atoms with Gasteiger partial charge in [0.25, 0.3) is 0 Å². The zero-order chi connectivity index (χ0) is 11.9. The molecule has 2 aromatic rings. The normalized spacial score (nSPS) is 9.94. The molecular weight excluding hydrogens is 210 g/mol. The lowest BCUT2D eigenvalue weighted by Gasteiger charge is -2.07. The summed E-state index contributed by atoms with van der Waals surface area (Å²) in [5, 5.41) is 3.39. The van der Waals surface area contributed by atoms with Gasteiger partial charge in [0.05, 0.1) is 7.11 Å². The molecule has 0 bridgehead atoms. The molecule has 0 saturated heterocycles. The van der Waals surface area contributed by atoms with Gasteiger partial charge in [-0.1, -0.05) is 30.3 Å². The molecule has 1 N–H and O–H groups in total. The van der Waals surface area contributed by atoms with Crippen LogP contribution in [0.25, 0.3) is 0 Å². The monoisotopic (exact) mass is 227 g/mol. The van der Waals surface area contributed by atoms with Crippen molar-refractivity contribution >= 4 is 5.69 Å². The predicted molar refractivity (Wildman–Crippen MR) is 71.6 cm³/mol. The smallest absolute Gasteiger partial charge is 0.119 e. The topological polar surface area (TPSA) is 21.3 Å². The lowest BCUT2D eigenvalue weighted by molar-refractivity contribution is 0.415. The van der Waals surface area contributed by atoms with E-state index in [1.807, 2.05) is 30.3 Å². The third-order valence-electron chi connectivity index (χ3n) is 2.68. The van der Waals surface area contributed by atoms with Crippen molar-refractivity contribution in [2.75, 3.05) is 19.0 Å². The van der Waals surface area contributed by atoms with Crippen molar-refractivity contribution in [1.82, 2.24) is 0 Å². The van der Waals surface area contributed by atoms with E-state index in [9.17, 15) is 0 Å². The third kappa shape index (κ3) is 3.52. The summed E-state index contributed by atoms with van der Waals surface area (Å²) >= 11 is 0. The Morgan fingerprint density at radius 1 is 0.941 bits per heavy atom. The average molecular weight is 227 g/mol. The van der Waals surface area contributed by atoms with Crippen molar-refractivity contribution in [3.63, 3.8) is 0 Å². The van der Waals surface area contributed by atoms with E-state index in [0.717, 1.165) is 24.4 Å². The van der Waals surface area contributed by atoms with Crippen molar-refractivity contribution in [3.05, 3.63) is 60.2 Å². The van der Waals surface area contributed by atoms with Gasteiger partial charge in [-0.3, -0.25) is 0 Å². The van der Waals surface area contributed by atoms with Crippen molar-refractivity contribution in [1.29, 1.82) is 0 Å². The molecule has 0 atom stereocenters. The highest BCUT2D eigenvalue weighted by Crippen LogP contribution is 2.14. The Bertz CT molecular complexity index is 436. The Morgan fingerprint density at radius 3 is 2.29 bits per heavy atom. The minimum Gasteiger partial charge on any atom is -0.497 e. The fourth-order valence-corrected chi connectivity index (χ4v) is 1.70. The van der Waals surface area contributed by atoms with E-state index in [0.29, 0.717) is 0 Å². The summed E-state index contributed by atoms with van der Waals surface area (Å²) in [7, 11) is 1.68. The molecule has 0 saturated carbocycles. The van der Waals surface area contributed by atoms with Crippen LogP contribution < -0.4 is 10.1 Å². The van der Waals surface area contributed by atoms with E-state index in [1.54, 1.807) is 7.11 Å². The Morgan fingerprint density at radius 2 is 1.65 bits per heavy atom. The summed E-state index contributed by atoms with van der Waals surface area (Å²) in [4.78, 5) is 0. The average Bonchev–Trinajstić information content (AvgIpc) is 2.41. The van der Waals surface area contributed by atoms with Crippen LogP contribution in [0.5, 0.6) is 5.75 Å².